The molecule has 3 aromatic carbocycles. The van der Waals surface area contributed by atoms with Crippen molar-refractivity contribution in [1.82, 2.24) is 0 Å². The van der Waals surface area contributed by atoms with Crippen LogP contribution in [0.4, 0.5) is 17.1 Å². The maximum absolute atomic E-state index is 12.5. The van der Waals surface area contributed by atoms with E-state index in [-0.39, 0.29) is 0 Å². The molecule has 3 aromatic rings. The Hall–Kier alpha value is -3.62. The molecule has 0 fully saturated rings. The quantitative estimate of drug-likeness (QED) is 0.381. The molecular formula is C28H32BNO6. The number of benzene rings is 3. The van der Waals surface area contributed by atoms with Crippen LogP contribution >= 0.6 is 0 Å². The fourth-order valence-corrected chi connectivity index (χ4v) is 3.41. The normalized spacial score (nSPS) is 11.6. The van der Waals surface area contributed by atoms with E-state index in [0.717, 1.165) is 17.1 Å². The highest BCUT2D eigenvalue weighted by Gasteiger charge is 2.21. The van der Waals surface area contributed by atoms with Crippen LogP contribution in [0.1, 0.15) is 62.3 Å². The minimum Gasteiger partial charge on any atom is -0.456 e. The Kier molecular flexibility index (Phi) is 7.91. The molecule has 0 aliphatic rings. The smallest absolute Gasteiger partial charge is 0.456 e. The second-order valence-electron chi connectivity index (χ2n) is 10.4. The van der Waals surface area contributed by atoms with Gasteiger partial charge in [-0.05, 0) is 108 Å². The van der Waals surface area contributed by atoms with Crippen molar-refractivity contribution in [3.8, 4) is 0 Å². The minimum atomic E-state index is -1.58. The van der Waals surface area contributed by atoms with Gasteiger partial charge in [0.2, 0.25) is 0 Å². The Labute approximate surface area is 212 Å². The number of nitrogens with zero attached hydrogens (tertiary/aromatic N) is 1. The van der Waals surface area contributed by atoms with E-state index in [1.54, 1.807) is 72.8 Å². The third kappa shape index (κ3) is 7.20. The van der Waals surface area contributed by atoms with Gasteiger partial charge in [-0.25, -0.2) is 9.59 Å². The van der Waals surface area contributed by atoms with Crippen LogP contribution < -0.4 is 10.4 Å². The van der Waals surface area contributed by atoms with E-state index in [9.17, 15) is 19.6 Å². The third-order valence-electron chi connectivity index (χ3n) is 4.97. The Morgan fingerprint density at radius 3 is 1.19 bits per heavy atom. The van der Waals surface area contributed by atoms with Crippen LogP contribution in [0.3, 0.4) is 0 Å². The van der Waals surface area contributed by atoms with Crippen molar-refractivity contribution in [2.24, 2.45) is 0 Å². The van der Waals surface area contributed by atoms with Crippen LogP contribution in [0.5, 0.6) is 0 Å². The van der Waals surface area contributed by atoms with Gasteiger partial charge in [0.05, 0.1) is 11.1 Å². The maximum Gasteiger partial charge on any atom is 0.488 e. The highest BCUT2D eigenvalue weighted by Crippen LogP contribution is 2.34. The SMILES string of the molecule is CC(C)(C)OC(=O)c1ccc(N(c2ccc(B(O)O)cc2)c2ccc(C(=O)OC(C)(C)C)cc2)cc1. The van der Waals surface area contributed by atoms with Crippen molar-refractivity contribution in [3.63, 3.8) is 0 Å². The number of hydrogen-bond acceptors (Lipinski definition) is 7. The van der Waals surface area contributed by atoms with E-state index in [2.05, 4.69) is 0 Å². The topological polar surface area (TPSA) is 96.3 Å². The summed E-state index contributed by atoms with van der Waals surface area (Å²) in [5.41, 5.74) is 2.26. The molecule has 0 radical (unpaired) electrons. The number of carbonyl (C=O) groups excluding carboxylic acids is 2. The molecule has 0 aliphatic heterocycles. The van der Waals surface area contributed by atoms with Gasteiger partial charge < -0.3 is 24.4 Å². The predicted octanol–water partition coefficient (Wildman–Crippen LogP) is 4.75. The van der Waals surface area contributed by atoms with Crippen LogP contribution in [0, 0.1) is 0 Å². The molecule has 0 aromatic heterocycles. The number of hydrogen-bond donors (Lipinski definition) is 2. The molecule has 36 heavy (non-hydrogen) atoms. The molecular weight excluding hydrogens is 457 g/mol. The number of anilines is 3. The molecule has 0 unspecified atom stereocenters. The summed E-state index contributed by atoms with van der Waals surface area (Å²) < 4.78 is 10.9. The molecule has 0 bridgehead atoms. The van der Waals surface area contributed by atoms with Crippen LogP contribution in [-0.2, 0) is 9.47 Å². The second-order valence-corrected chi connectivity index (χ2v) is 10.4. The summed E-state index contributed by atoms with van der Waals surface area (Å²) >= 11 is 0. The first-order chi connectivity index (χ1) is 16.7. The second kappa shape index (κ2) is 10.6. The van der Waals surface area contributed by atoms with E-state index in [1.807, 2.05) is 46.4 Å². The number of esters is 2. The summed E-state index contributed by atoms with van der Waals surface area (Å²) in [6.45, 7) is 10.9. The van der Waals surface area contributed by atoms with E-state index in [1.165, 1.54) is 0 Å². The summed E-state index contributed by atoms with van der Waals surface area (Å²) in [6, 6.07) is 20.7. The molecule has 8 heteroatoms. The van der Waals surface area contributed by atoms with E-state index in [4.69, 9.17) is 9.47 Å². The van der Waals surface area contributed by atoms with Gasteiger partial charge in [0, 0.05) is 17.1 Å². The number of ether oxygens (including phenoxy) is 2. The zero-order valence-electron chi connectivity index (χ0n) is 21.5. The average molecular weight is 489 g/mol. The molecule has 0 saturated carbocycles. The average Bonchev–Trinajstić information content (AvgIpc) is 2.78. The van der Waals surface area contributed by atoms with Crippen molar-refractivity contribution in [2.75, 3.05) is 4.90 Å². The van der Waals surface area contributed by atoms with Crippen LogP contribution in [-0.4, -0.2) is 40.3 Å². The largest absolute Gasteiger partial charge is 0.488 e. The van der Waals surface area contributed by atoms with Crippen molar-refractivity contribution < 1.29 is 29.1 Å². The van der Waals surface area contributed by atoms with E-state index < -0.39 is 30.3 Å². The highest BCUT2D eigenvalue weighted by molar-refractivity contribution is 6.58. The fourth-order valence-electron chi connectivity index (χ4n) is 3.41. The van der Waals surface area contributed by atoms with Crippen molar-refractivity contribution >= 4 is 41.6 Å². The molecule has 188 valence electrons. The zero-order valence-corrected chi connectivity index (χ0v) is 21.5. The van der Waals surface area contributed by atoms with Gasteiger partial charge in [-0.1, -0.05) is 12.1 Å². The minimum absolute atomic E-state index is 0.360. The van der Waals surface area contributed by atoms with Crippen molar-refractivity contribution in [1.29, 1.82) is 0 Å². The first-order valence-electron chi connectivity index (χ1n) is 11.7. The maximum atomic E-state index is 12.5. The highest BCUT2D eigenvalue weighted by atomic mass is 16.6. The molecule has 0 atom stereocenters. The van der Waals surface area contributed by atoms with Gasteiger partial charge in [-0.2, -0.15) is 0 Å². The molecule has 3 rings (SSSR count). The predicted molar refractivity (Wildman–Crippen MR) is 141 cm³/mol. The lowest BCUT2D eigenvalue weighted by Crippen LogP contribution is -2.29. The first kappa shape index (κ1) is 27.0. The van der Waals surface area contributed by atoms with Crippen molar-refractivity contribution in [2.45, 2.75) is 52.7 Å². The van der Waals surface area contributed by atoms with Gasteiger partial charge in [-0.3, -0.25) is 0 Å². The molecule has 0 amide bonds. The van der Waals surface area contributed by atoms with Gasteiger partial charge in [0.25, 0.3) is 0 Å². The fraction of sp³-hybridized carbons (Fsp3) is 0.286. The zero-order chi connectivity index (χ0) is 26.7. The van der Waals surface area contributed by atoms with Gasteiger partial charge in [0.1, 0.15) is 11.2 Å². The van der Waals surface area contributed by atoms with Gasteiger partial charge in [-0.15, -0.1) is 0 Å². The van der Waals surface area contributed by atoms with Gasteiger partial charge >= 0.3 is 19.1 Å². The lowest BCUT2D eigenvalue weighted by molar-refractivity contribution is 0.00570. The Balaban J connectivity index is 1.98. The Bertz CT molecular complexity index is 1120. The third-order valence-corrected chi connectivity index (χ3v) is 4.97. The number of carbonyl (C=O) groups is 2. The van der Waals surface area contributed by atoms with E-state index >= 15 is 0 Å². The van der Waals surface area contributed by atoms with E-state index in [0.29, 0.717) is 16.6 Å². The molecule has 0 aliphatic carbocycles. The Morgan fingerprint density at radius 2 is 0.917 bits per heavy atom. The number of rotatable bonds is 6. The molecule has 0 saturated heterocycles. The Morgan fingerprint density at radius 1 is 0.611 bits per heavy atom. The molecule has 0 heterocycles. The molecule has 2 N–H and O–H groups in total. The summed E-state index contributed by atoms with van der Waals surface area (Å²) in [7, 11) is -1.58. The lowest BCUT2D eigenvalue weighted by Gasteiger charge is -2.26. The lowest BCUT2D eigenvalue weighted by atomic mass is 9.80. The van der Waals surface area contributed by atoms with Crippen LogP contribution in [0.25, 0.3) is 0 Å². The van der Waals surface area contributed by atoms with Crippen molar-refractivity contribution in [3.05, 3.63) is 83.9 Å². The first-order valence-corrected chi connectivity index (χ1v) is 11.7. The summed E-state index contributed by atoms with van der Waals surface area (Å²) in [5, 5.41) is 18.9. The molecule has 0 spiro atoms. The van der Waals surface area contributed by atoms with Crippen LogP contribution in [0.15, 0.2) is 72.8 Å². The van der Waals surface area contributed by atoms with Crippen LogP contribution in [0.2, 0.25) is 0 Å². The summed E-state index contributed by atoms with van der Waals surface area (Å²) in [4.78, 5) is 26.8. The summed E-state index contributed by atoms with van der Waals surface area (Å²) in [6.07, 6.45) is 0. The monoisotopic (exact) mass is 489 g/mol. The summed E-state index contributed by atoms with van der Waals surface area (Å²) in [5.74, 6) is -0.827. The standard InChI is InChI=1S/C28H32BNO6/c1-27(2,3)35-25(31)19-7-13-22(14-8-19)30(24-17-11-21(12-18-24)29(33)34)23-15-9-20(10-16-23)26(32)36-28(4,5)6/h7-18,33-34H,1-6H3. The molecule has 7 nitrogen and oxygen atoms in total. The van der Waals surface area contributed by atoms with Gasteiger partial charge in [0.15, 0.2) is 0 Å².